The molecule has 1 aliphatic rings. The van der Waals surface area contributed by atoms with E-state index >= 15 is 0 Å². The van der Waals surface area contributed by atoms with E-state index in [1.807, 2.05) is 36.4 Å². The average molecular weight is 534 g/mol. The fraction of sp³-hybridized carbons (Fsp3) is 0.400. The van der Waals surface area contributed by atoms with Gasteiger partial charge in [0.2, 0.25) is 5.91 Å². The van der Waals surface area contributed by atoms with E-state index < -0.39 is 11.7 Å². The van der Waals surface area contributed by atoms with Gasteiger partial charge in [-0.15, -0.1) is 0 Å². The van der Waals surface area contributed by atoms with Crippen LogP contribution in [0.5, 0.6) is 0 Å². The van der Waals surface area contributed by atoms with Crippen molar-refractivity contribution in [2.45, 2.75) is 59.5 Å². The van der Waals surface area contributed by atoms with Crippen LogP contribution in [-0.4, -0.2) is 51.3 Å². The van der Waals surface area contributed by atoms with Crippen LogP contribution < -0.4 is 11.1 Å². The molecule has 1 aliphatic carbocycles. The molecule has 0 aliphatic heterocycles. The number of aryl methyl sites for hydroxylation is 1. The lowest BCUT2D eigenvalue weighted by molar-refractivity contribution is 0.0739. The summed E-state index contributed by atoms with van der Waals surface area (Å²) in [5.74, 6) is -1.88. The maximum Gasteiger partial charge on any atom is 0.254 e. The highest BCUT2D eigenvalue weighted by Crippen LogP contribution is 2.34. The van der Waals surface area contributed by atoms with Gasteiger partial charge in [-0.3, -0.25) is 14.4 Å². The quantitative estimate of drug-likeness (QED) is 0.398. The first-order chi connectivity index (χ1) is 18.4. The van der Waals surface area contributed by atoms with Gasteiger partial charge in [-0.25, -0.2) is 9.37 Å². The van der Waals surface area contributed by atoms with Gasteiger partial charge in [0.1, 0.15) is 5.82 Å². The van der Waals surface area contributed by atoms with Crippen LogP contribution in [-0.2, 0) is 6.54 Å². The van der Waals surface area contributed by atoms with Gasteiger partial charge in [-0.05, 0) is 72.6 Å². The van der Waals surface area contributed by atoms with Crippen molar-refractivity contribution in [2.75, 3.05) is 13.1 Å². The minimum Gasteiger partial charge on any atom is -0.366 e. The van der Waals surface area contributed by atoms with Gasteiger partial charge in [0.05, 0.1) is 6.33 Å². The minimum absolute atomic E-state index is 0.0119. The van der Waals surface area contributed by atoms with Gasteiger partial charge in [0, 0.05) is 54.8 Å². The normalized spacial score (nSPS) is 13.3. The molecule has 206 valence electrons. The molecule has 0 spiro atoms. The molecule has 2 aromatic carbocycles. The van der Waals surface area contributed by atoms with Gasteiger partial charge < -0.3 is 20.5 Å². The fourth-order valence-electron chi connectivity index (χ4n) is 4.48. The molecule has 1 saturated carbocycles. The molecule has 0 unspecified atom stereocenters. The molecule has 39 heavy (non-hydrogen) atoms. The second-order valence-corrected chi connectivity index (χ2v) is 11.4. The minimum atomic E-state index is -0.764. The highest BCUT2D eigenvalue weighted by Gasteiger charge is 2.34. The zero-order valence-electron chi connectivity index (χ0n) is 23.0. The Kier molecular flexibility index (Phi) is 8.18. The largest absolute Gasteiger partial charge is 0.366 e. The van der Waals surface area contributed by atoms with Gasteiger partial charge in [0.15, 0.2) is 0 Å². The Balaban J connectivity index is 1.73. The van der Waals surface area contributed by atoms with Crippen molar-refractivity contribution < 1.29 is 18.8 Å². The standard InChI is InChI=1S/C30H36FN5O3/c1-19-24(15-21(27(32)37)16-26(19)31)23-9-6-20(28(38)34-17-30(2,3)4)14-25(23)29(39)36(22-7-8-22)12-5-11-35-13-10-33-18-35/h6,9-10,13-16,18,22H,5,7-8,11-12,17H2,1-4H3,(H2,32,37)(H,34,38). The molecule has 1 heterocycles. The van der Waals surface area contributed by atoms with Crippen LogP contribution in [0.3, 0.4) is 0 Å². The van der Waals surface area contributed by atoms with Crippen LogP contribution in [0.1, 0.15) is 76.7 Å². The van der Waals surface area contributed by atoms with Gasteiger partial charge >= 0.3 is 0 Å². The third-order valence-electron chi connectivity index (χ3n) is 6.83. The molecule has 0 bridgehead atoms. The first-order valence-corrected chi connectivity index (χ1v) is 13.2. The first-order valence-electron chi connectivity index (χ1n) is 13.2. The summed E-state index contributed by atoms with van der Waals surface area (Å²) >= 11 is 0. The maximum atomic E-state index is 14.9. The molecular formula is C30H36FN5O3. The molecular weight excluding hydrogens is 497 g/mol. The van der Waals surface area contributed by atoms with Crippen LogP contribution in [0.15, 0.2) is 49.1 Å². The number of rotatable bonds is 10. The van der Waals surface area contributed by atoms with E-state index in [-0.39, 0.29) is 40.0 Å². The van der Waals surface area contributed by atoms with E-state index in [1.54, 1.807) is 37.6 Å². The molecule has 1 fully saturated rings. The molecule has 3 aromatic rings. The van der Waals surface area contributed by atoms with Crippen LogP contribution in [0.2, 0.25) is 0 Å². The monoisotopic (exact) mass is 533 g/mol. The number of benzene rings is 2. The Morgan fingerprint density at radius 1 is 1.13 bits per heavy atom. The van der Waals surface area contributed by atoms with Crippen molar-refractivity contribution in [3.8, 4) is 11.1 Å². The lowest BCUT2D eigenvalue weighted by Gasteiger charge is -2.25. The summed E-state index contributed by atoms with van der Waals surface area (Å²) in [5.41, 5.74) is 7.12. The van der Waals surface area contributed by atoms with E-state index in [1.165, 1.54) is 6.07 Å². The Bertz CT molecular complexity index is 1370. The molecule has 0 atom stereocenters. The average Bonchev–Trinajstić information content (AvgIpc) is 3.59. The molecule has 8 nitrogen and oxygen atoms in total. The van der Waals surface area contributed by atoms with Crippen LogP contribution >= 0.6 is 0 Å². The summed E-state index contributed by atoms with van der Waals surface area (Å²) in [6.45, 7) is 9.35. The van der Waals surface area contributed by atoms with Crippen molar-refractivity contribution in [3.63, 3.8) is 0 Å². The molecule has 4 rings (SSSR count). The highest BCUT2D eigenvalue weighted by atomic mass is 19.1. The predicted molar refractivity (Wildman–Crippen MR) is 148 cm³/mol. The van der Waals surface area contributed by atoms with Crippen molar-refractivity contribution in [1.29, 1.82) is 0 Å². The first kappa shape index (κ1) is 28.0. The topological polar surface area (TPSA) is 110 Å². The zero-order valence-corrected chi connectivity index (χ0v) is 23.0. The van der Waals surface area contributed by atoms with Gasteiger partial charge in [0.25, 0.3) is 11.8 Å². The van der Waals surface area contributed by atoms with E-state index in [0.717, 1.165) is 25.3 Å². The van der Waals surface area contributed by atoms with Crippen molar-refractivity contribution in [1.82, 2.24) is 19.8 Å². The Morgan fingerprint density at radius 3 is 2.49 bits per heavy atom. The number of carbonyl (C=O) groups excluding carboxylic acids is 3. The predicted octanol–water partition coefficient (Wildman–Crippen LogP) is 4.57. The molecule has 1 aromatic heterocycles. The summed E-state index contributed by atoms with van der Waals surface area (Å²) in [7, 11) is 0. The number of imidazole rings is 1. The van der Waals surface area contributed by atoms with Crippen LogP contribution in [0, 0.1) is 18.2 Å². The summed E-state index contributed by atoms with van der Waals surface area (Å²) < 4.78 is 16.8. The number of hydrogen-bond donors (Lipinski definition) is 2. The third-order valence-corrected chi connectivity index (χ3v) is 6.83. The summed E-state index contributed by atoms with van der Waals surface area (Å²) in [5, 5.41) is 2.93. The summed E-state index contributed by atoms with van der Waals surface area (Å²) in [6.07, 6.45) is 7.87. The molecule has 9 heteroatoms. The van der Waals surface area contributed by atoms with Gasteiger partial charge in [-0.2, -0.15) is 0 Å². The lowest BCUT2D eigenvalue weighted by atomic mass is 9.91. The smallest absolute Gasteiger partial charge is 0.254 e. The zero-order chi connectivity index (χ0) is 28.3. The number of hydrogen-bond acceptors (Lipinski definition) is 4. The van der Waals surface area contributed by atoms with Crippen LogP contribution in [0.4, 0.5) is 4.39 Å². The summed E-state index contributed by atoms with van der Waals surface area (Å²) in [6, 6.07) is 7.58. The second kappa shape index (κ2) is 11.4. The maximum absolute atomic E-state index is 14.9. The number of nitrogens with one attached hydrogen (secondary N) is 1. The fourth-order valence-corrected chi connectivity index (χ4v) is 4.48. The number of primary amides is 1. The lowest BCUT2D eigenvalue weighted by Crippen LogP contribution is -2.35. The van der Waals surface area contributed by atoms with Crippen molar-refractivity contribution in [2.24, 2.45) is 11.1 Å². The number of nitrogens with zero attached hydrogens (tertiary/aromatic N) is 3. The Morgan fingerprint density at radius 2 is 1.87 bits per heavy atom. The highest BCUT2D eigenvalue weighted by molar-refractivity contribution is 6.05. The van der Waals surface area contributed by atoms with Gasteiger partial charge in [-0.1, -0.05) is 26.8 Å². The van der Waals surface area contributed by atoms with E-state index in [9.17, 15) is 18.8 Å². The third kappa shape index (κ3) is 6.90. The van der Waals surface area contributed by atoms with Crippen LogP contribution in [0.25, 0.3) is 11.1 Å². The number of amides is 3. The number of aromatic nitrogens is 2. The molecule has 0 radical (unpaired) electrons. The van der Waals surface area contributed by atoms with E-state index in [4.69, 9.17) is 5.73 Å². The summed E-state index contributed by atoms with van der Waals surface area (Å²) in [4.78, 5) is 45.0. The van der Waals surface area contributed by atoms with E-state index in [0.29, 0.717) is 36.3 Å². The van der Waals surface area contributed by atoms with Crippen molar-refractivity contribution in [3.05, 3.63) is 77.1 Å². The SMILES string of the molecule is Cc1c(F)cc(C(N)=O)cc1-c1ccc(C(=O)NCC(C)(C)C)cc1C(=O)N(CCCn1ccnc1)C1CC1. The number of carbonyl (C=O) groups is 3. The second-order valence-electron chi connectivity index (χ2n) is 11.4. The van der Waals surface area contributed by atoms with Crippen molar-refractivity contribution >= 4 is 17.7 Å². The Hall–Kier alpha value is -4.01. The number of nitrogens with two attached hydrogens (primary N) is 1. The molecule has 3 amide bonds. The molecule has 3 N–H and O–H groups in total. The van der Waals surface area contributed by atoms with E-state index in [2.05, 4.69) is 10.3 Å². The number of halogens is 1. The Labute approximate surface area is 228 Å². The molecule has 0 saturated heterocycles.